The largest absolute Gasteiger partial charge is 0.492 e. The molecular weight excluding hydrogens is 364 g/mol. The second-order valence-electron chi connectivity index (χ2n) is 6.46. The quantitative estimate of drug-likeness (QED) is 0.566. The lowest BCUT2D eigenvalue weighted by Crippen LogP contribution is -2.14. The Morgan fingerprint density at radius 1 is 0.931 bits per heavy atom. The molecule has 0 fully saturated rings. The second kappa shape index (κ2) is 9.68. The molecule has 1 aromatic heterocycles. The van der Waals surface area contributed by atoms with Crippen LogP contribution in [0.25, 0.3) is 0 Å². The predicted molar refractivity (Wildman–Crippen MR) is 116 cm³/mol. The number of benzene rings is 2. The molecule has 0 aliphatic carbocycles. The highest BCUT2D eigenvalue weighted by atomic mass is 16.5. The van der Waals surface area contributed by atoms with E-state index in [1.165, 1.54) is 23.5 Å². The molecule has 1 heterocycles. The Labute approximate surface area is 171 Å². The summed E-state index contributed by atoms with van der Waals surface area (Å²) >= 11 is 0. The Hall–Kier alpha value is -3.41. The minimum Gasteiger partial charge on any atom is -0.492 e. The fourth-order valence-electron chi connectivity index (χ4n) is 3.07. The summed E-state index contributed by atoms with van der Waals surface area (Å²) in [6.45, 7) is 6.66. The zero-order valence-corrected chi connectivity index (χ0v) is 17.0. The number of carbonyl (C=O) groups excluding carboxylic acids is 1. The second-order valence-corrected chi connectivity index (χ2v) is 6.46. The molecule has 0 saturated carbocycles. The number of ether oxygens (including phenoxy) is 1. The number of hydrogen-bond acceptors (Lipinski definition) is 5. The molecule has 0 aliphatic heterocycles. The lowest BCUT2D eigenvalue weighted by atomic mass is 10.0. The lowest BCUT2D eigenvalue weighted by Gasteiger charge is -2.14. The van der Waals surface area contributed by atoms with E-state index >= 15 is 0 Å². The van der Waals surface area contributed by atoms with Gasteiger partial charge >= 0.3 is 0 Å². The van der Waals surface area contributed by atoms with Gasteiger partial charge in [0.25, 0.3) is 5.91 Å². The summed E-state index contributed by atoms with van der Waals surface area (Å²) < 4.78 is 5.55. The van der Waals surface area contributed by atoms with Crippen molar-refractivity contribution in [2.45, 2.75) is 33.6 Å². The average Bonchev–Trinajstić information content (AvgIpc) is 2.76. The number of rotatable bonds is 8. The molecule has 29 heavy (non-hydrogen) atoms. The molecule has 0 saturated heterocycles. The molecule has 0 radical (unpaired) electrons. The number of nitrogens with zero attached hydrogens (tertiary/aromatic N) is 2. The number of carbonyl (C=O) groups is 1. The van der Waals surface area contributed by atoms with Gasteiger partial charge in [-0.25, -0.2) is 9.97 Å². The Bertz CT molecular complexity index is 949. The molecule has 0 spiro atoms. The van der Waals surface area contributed by atoms with Gasteiger partial charge in [-0.1, -0.05) is 44.2 Å². The molecule has 3 rings (SSSR count). The molecule has 6 nitrogen and oxygen atoms in total. The normalized spacial score (nSPS) is 10.4. The summed E-state index contributed by atoms with van der Waals surface area (Å²) in [4.78, 5) is 21.2. The molecule has 6 heteroatoms. The molecule has 0 bridgehead atoms. The van der Waals surface area contributed by atoms with Gasteiger partial charge in [0.15, 0.2) is 0 Å². The monoisotopic (exact) mass is 390 g/mol. The molecule has 150 valence electrons. The summed E-state index contributed by atoms with van der Waals surface area (Å²) in [5.41, 5.74) is 4.46. The standard InChI is InChI=1S/C23H26N4O2/c1-4-16-10-9-11-17(5-2)21(16)27-23-24-14-18(15-25-23)22(28)26-19-12-7-8-13-20(19)29-6-3/h7-15H,4-6H2,1-3H3,(H,26,28)(H,24,25,27). The maximum absolute atomic E-state index is 12.6. The third kappa shape index (κ3) is 4.90. The summed E-state index contributed by atoms with van der Waals surface area (Å²) in [6.07, 6.45) is 4.87. The highest BCUT2D eigenvalue weighted by molar-refractivity contribution is 6.04. The summed E-state index contributed by atoms with van der Waals surface area (Å²) in [5, 5.41) is 6.16. The van der Waals surface area contributed by atoms with Gasteiger partial charge < -0.3 is 15.4 Å². The number of aromatic nitrogens is 2. The van der Waals surface area contributed by atoms with Crippen molar-refractivity contribution in [2.24, 2.45) is 0 Å². The number of aryl methyl sites for hydroxylation is 2. The number of amides is 1. The Morgan fingerprint density at radius 3 is 2.21 bits per heavy atom. The van der Waals surface area contributed by atoms with E-state index in [1.54, 1.807) is 6.07 Å². The maximum atomic E-state index is 12.6. The minimum absolute atomic E-state index is 0.285. The van der Waals surface area contributed by atoms with E-state index in [1.807, 2.05) is 25.1 Å². The van der Waals surface area contributed by atoms with E-state index in [-0.39, 0.29) is 5.91 Å². The summed E-state index contributed by atoms with van der Waals surface area (Å²) in [7, 11) is 0. The van der Waals surface area contributed by atoms with Crippen molar-refractivity contribution in [1.29, 1.82) is 0 Å². The van der Waals surface area contributed by atoms with Crippen molar-refractivity contribution in [3.05, 3.63) is 71.5 Å². The van der Waals surface area contributed by atoms with E-state index in [2.05, 4.69) is 52.6 Å². The molecule has 2 aromatic carbocycles. The summed E-state index contributed by atoms with van der Waals surface area (Å²) in [6, 6.07) is 13.6. The predicted octanol–water partition coefficient (Wildman–Crippen LogP) is 5.00. The zero-order chi connectivity index (χ0) is 20.6. The van der Waals surface area contributed by atoms with E-state index in [0.717, 1.165) is 18.5 Å². The first-order chi connectivity index (χ1) is 14.2. The van der Waals surface area contributed by atoms with Crippen LogP contribution in [0.1, 0.15) is 42.3 Å². The van der Waals surface area contributed by atoms with Crippen molar-refractivity contribution >= 4 is 23.2 Å². The van der Waals surface area contributed by atoms with Gasteiger partial charge in [-0.2, -0.15) is 0 Å². The van der Waals surface area contributed by atoms with Crippen LogP contribution in [-0.4, -0.2) is 22.5 Å². The molecule has 0 unspecified atom stereocenters. The van der Waals surface area contributed by atoms with Crippen LogP contribution in [0, 0.1) is 0 Å². The van der Waals surface area contributed by atoms with Crippen molar-refractivity contribution in [3.8, 4) is 5.75 Å². The first-order valence-corrected chi connectivity index (χ1v) is 9.89. The van der Waals surface area contributed by atoms with Gasteiger partial charge in [0.05, 0.1) is 17.9 Å². The molecule has 0 aliphatic rings. The van der Waals surface area contributed by atoms with Crippen molar-refractivity contribution in [3.63, 3.8) is 0 Å². The SMILES string of the molecule is CCOc1ccccc1NC(=O)c1cnc(Nc2c(CC)cccc2CC)nc1. The Balaban J connectivity index is 1.75. The van der Waals surface area contributed by atoms with Gasteiger partial charge in [0.1, 0.15) is 5.75 Å². The number of nitrogens with one attached hydrogen (secondary N) is 2. The van der Waals surface area contributed by atoms with Crippen LogP contribution in [0.3, 0.4) is 0 Å². The summed E-state index contributed by atoms with van der Waals surface area (Å²) in [5.74, 6) is 0.810. The average molecular weight is 390 g/mol. The fourth-order valence-corrected chi connectivity index (χ4v) is 3.07. The van der Waals surface area contributed by atoms with Crippen LogP contribution in [0.4, 0.5) is 17.3 Å². The molecule has 0 atom stereocenters. The minimum atomic E-state index is -0.285. The van der Waals surface area contributed by atoms with Crippen molar-refractivity contribution in [2.75, 3.05) is 17.2 Å². The zero-order valence-electron chi connectivity index (χ0n) is 17.0. The van der Waals surface area contributed by atoms with E-state index in [9.17, 15) is 4.79 Å². The van der Waals surface area contributed by atoms with Crippen LogP contribution >= 0.6 is 0 Å². The third-order valence-corrected chi connectivity index (χ3v) is 4.58. The Morgan fingerprint density at radius 2 is 1.59 bits per heavy atom. The first kappa shape index (κ1) is 20.3. The van der Waals surface area contributed by atoms with Gasteiger partial charge in [-0.15, -0.1) is 0 Å². The third-order valence-electron chi connectivity index (χ3n) is 4.58. The smallest absolute Gasteiger partial charge is 0.258 e. The van der Waals surface area contributed by atoms with Crippen molar-refractivity contribution in [1.82, 2.24) is 9.97 Å². The Kier molecular flexibility index (Phi) is 6.79. The number of anilines is 3. The van der Waals surface area contributed by atoms with Crippen LogP contribution < -0.4 is 15.4 Å². The van der Waals surface area contributed by atoms with E-state index < -0.39 is 0 Å². The molecule has 1 amide bonds. The van der Waals surface area contributed by atoms with Crippen molar-refractivity contribution < 1.29 is 9.53 Å². The lowest BCUT2D eigenvalue weighted by molar-refractivity contribution is 0.102. The van der Waals surface area contributed by atoms with E-state index in [4.69, 9.17) is 4.74 Å². The van der Waals surface area contributed by atoms with Gasteiger partial charge in [0, 0.05) is 18.1 Å². The fraction of sp³-hybridized carbons (Fsp3) is 0.261. The van der Waals surface area contributed by atoms with Crippen LogP contribution in [0.2, 0.25) is 0 Å². The van der Waals surface area contributed by atoms with Crippen LogP contribution in [0.5, 0.6) is 5.75 Å². The first-order valence-electron chi connectivity index (χ1n) is 9.89. The maximum Gasteiger partial charge on any atom is 0.258 e. The van der Waals surface area contributed by atoms with Gasteiger partial charge in [-0.05, 0) is 43.0 Å². The number of hydrogen-bond donors (Lipinski definition) is 2. The number of para-hydroxylation sites is 3. The topological polar surface area (TPSA) is 76.1 Å². The molecule has 3 aromatic rings. The highest BCUT2D eigenvalue weighted by Crippen LogP contribution is 2.26. The van der Waals surface area contributed by atoms with Crippen LogP contribution in [-0.2, 0) is 12.8 Å². The van der Waals surface area contributed by atoms with E-state index in [0.29, 0.717) is 29.6 Å². The highest BCUT2D eigenvalue weighted by Gasteiger charge is 2.12. The van der Waals surface area contributed by atoms with Gasteiger partial charge in [0.2, 0.25) is 5.95 Å². The molecule has 2 N–H and O–H groups in total. The van der Waals surface area contributed by atoms with Gasteiger partial charge in [-0.3, -0.25) is 4.79 Å². The van der Waals surface area contributed by atoms with Crippen LogP contribution in [0.15, 0.2) is 54.9 Å². The molecular formula is C23H26N4O2.